The van der Waals surface area contributed by atoms with E-state index in [1.165, 1.54) is 0 Å². The van der Waals surface area contributed by atoms with Gasteiger partial charge < -0.3 is 14.5 Å². The van der Waals surface area contributed by atoms with Crippen molar-refractivity contribution in [1.82, 2.24) is 10.1 Å². The second-order valence-electron chi connectivity index (χ2n) is 5.21. The highest BCUT2D eigenvalue weighted by Gasteiger charge is 2.29. The van der Waals surface area contributed by atoms with Gasteiger partial charge in [0, 0.05) is 18.7 Å². The Labute approximate surface area is 122 Å². The molecule has 0 radical (unpaired) electrons. The Morgan fingerprint density at radius 1 is 1.48 bits per heavy atom. The molecule has 6 heteroatoms. The van der Waals surface area contributed by atoms with E-state index < -0.39 is 11.9 Å². The SMILES string of the molecule is CCc1noc(CN2CC(C(=O)O)Cc3ccccc32)n1. The highest BCUT2D eigenvalue weighted by atomic mass is 16.5. The molecule has 0 fully saturated rings. The summed E-state index contributed by atoms with van der Waals surface area (Å²) in [5.74, 6) is 0.0144. The van der Waals surface area contributed by atoms with Crippen LogP contribution in [0.15, 0.2) is 28.8 Å². The standard InChI is InChI=1S/C15H17N3O3/c1-2-13-16-14(21-17-13)9-18-8-11(15(19)20)7-10-5-3-4-6-12(10)18/h3-6,11H,2,7-9H2,1H3,(H,19,20). The zero-order chi connectivity index (χ0) is 14.8. The fourth-order valence-corrected chi connectivity index (χ4v) is 2.66. The number of fused-ring (bicyclic) bond motifs is 1. The van der Waals surface area contributed by atoms with Gasteiger partial charge in [-0.1, -0.05) is 30.3 Å². The molecule has 6 nitrogen and oxygen atoms in total. The number of anilines is 1. The maximum atomic E-state index is 11.3. The van der Waals surface area contributed by atoms with Gasteiger partial charge in [0.05, 0.1) is 12.5 Å². The molecule has 1 aliphatic heterocycles. The highest BCUT2D eigenvalue weighted by Crippen LogP contribution is 2.30. The van der Waals surface area contributed by atoms with Crippen molar-refractivity contribution in [2.24, 2.45) is 5.92 Å². The van der Waals surface area contributed by atoms with E-state index in [9.17, 15) is 9.90 Å². The molecule has 0 amide bonds. The van der Waals surface area contributed by atoms with Crippen LogP contribution in [0.4, 0.5) is 5.69 Å². The first-order valence-corrected chi connectivity index (χ1v) is 7.04. The van der Waals surface area contributed by atoms with E-state index in [4.69, 9.17) is 4.52 Å². The third-order valence-electron chi connectivity index (χ3n) is 3.74. The van der Waals surface area contributed by atoms with Crippen LogP contribution in [-0.2, 0) is 24.2 Å². The molecule has 1 aliphatic rings. The Morgan fingerprint density at radius 2 is 2.29 bits per heavy atom. The molecule has 0 bridgehead atoms. The van der Waals surface area contributed by atoms with E-state index in [-0.39, 0.29) is 0 Å². The monoisotopic (exact) mass is 287 g/mol. The molecular weight excluding hydrogens is 270 g/mol. The molecule has 110 valence electrons. The summed E-state index contributed by atoms with van der Waals surface area (Å²) >= 11 is 0. The number of nitrogens with zero attached hydrogens (tertiary/aromatic N) is 3. The van der Waals surface area contributed by atoms with Crippen LogP contribution in [-0.4, -0.2) is 27.8 Å². The van der Waals surface area contributed by atoms with Crippen LogP contribution in [0.25, 0.3) is 0 Å². The molecule has 1 atom stereocenters. The molecule has 3 rings (SSSR count). The van der Waals surface area contributed by atoms with Crippen LogP contribution in [0, 0.1) is 5.92 Å². The van der Waals surface area contributed by atoms with Crippen molar-refractivity contribution < 1.29 is 14.4 Å². The fraction of sp³-hybridized carbons (Fsp3) is 0.400. The van der Waals surface area contributed by atoms with Crippen LogP contribution in [0.2, 0.25) is 0 Å². The number of benzene rings is 1. The summed E-state index contributed by atoms with van der Waals surface area (Å²) in [5.41, 5.74) is 2.10. The lowest BCUT2D eigenvalue weighted by atomic mass is 9.92. The second kappa shape index (κ2) is 5.55. The first kappa shape index (κ1) is 13.6. The topological polar surface area (TPSA) is 79.5 Å². The molecule has 0 spiro atoms. The zero-order valence-corrected chi connectivity index (χ0v) is 11.8. The van der Waals surface area contributed by atoms with Gasteiger partial charge in [-0.05, 0) is 18.1 Å². The number of aliphatic carboxylic acids is 1. The number of carbonyl (C=O) groups is 1. The van der Waals surface area contributed by atoms with Crippen molar-refractivity contribution >= 4 is 11.7 Å². The quantitative estimate of drug-likeness (QED) is 0.925. The number of aryl methyl sites for hydroxylation is 1. The number of carboxylic acids is 1. The Hall–Kier alpha value is -2.37. The van der Waals surface area contributed by atoms with E-state index >= 15 is 0 Å². The molecule has 1 N–H and O–H groups in total. The minimum absolute atomic E-state index is 0.409. The molecule has 1 unspecified atom stereocenters. The Bertz CT molecular complexity index is 653. The van der Waals surface area contributed by atoms with Gasteiger partial charge in [-0.2, -0.15) is 4.98 Å². The third-order valence-corrected chi connectivity index (χ3v) is 3.74. The van der Waals surface area contributed by atoms with Gasteiger partial charge in [-0.3, -0.25) is 4.79 Å². The van der Waals surface area contributed by atoms with Gasteiger partial charge in [-0.25, -0.2) is 0 Å². The van der Waals surface area contributed by atoms with Crippen LogP contribution < -0.4 is 4.90 Å². The van der Waals surface area contributed by atoms with E-state index in [2.05, 4.69) is 10.1 Å². The number of hydrogen-bond donors (Lipinski definition) is 1. The minimum Gasteiger partial charge on any atom is -0.481 e. The molecule has 0 saturated carbocycles. The Balaban J connectivity index is 1.87. The van der Waals surface area contributed by atoms with Crippen molar-refractivity contribution in [3.63, 3.8) is 0 Å². The number of hydrogen-bond acceptors (Lipinski definition) is 5. The van der Waals surface area contributed by atoms with E-state index in [0.717, 1.165) is 17.7 Å². The molecule has 21 heavy (non-hydrogen) atoms. The fourth-order valence-electron chi connectivity index (χ4n) is 2.66. The van der Waals surface area contributed by atoms with Gasteiger partial charge in [0.15, 0.2) is 5.82 Å². The summed E-state index contributed by atoms with van der Waals surface area (Å²) in [6.07, 6.45) is 1.28. The maximum absolute atomic E-state index is 11.3. The van der Waals surface area contributed by atoms with Crippen LogP contribution >= 0.6 is 0 Å². The lowest BCUT2D eigenvalue weighted by Gasteiger charge is -2.33. The predicted octanol–water partition coefficient (Wildman–Crippen LogP) is 1.90. The largest absolute Gasteiger partial charge is 0.481 e. The van der Waals surface area contributed by atoms with E-state index in [1.54, 1.807) is 0 Å². The Kier molecular flexibility index (Phi) is 3.60. The normalized spacial score (nSPS) is 17.6. The Morgan fingerprint density at radius 3 is 3.00 bits per heavy atom. The lowest BCUT2D eigenvalue weighted by Crippen LogP contribution is -2.38. The summed E-state index contributed by atoms with van der Waals surface area (Å²) in [4.78, 5) is 17.6. The van der Waals surface area contributed by atoms with Gasteiger partial charge >= 0.3 is 5.97 Å². The van der Waals surface area contributed by atoms with Gasteiger partial charge in [0.2, 0.25) is 5.89 Å². The number of aromatic nitrogens is 2. The number of rotatable bonds is 4. The number of carboxylic acid groups (broad SMARTS) is 1. The van der Waals surface area contributed by atoms with Crippen molar-refractivity contribution in [1.29, 1.82) is 0 Å². The number of para-hydroxylation sites is 1. The molecule has 0 aliphatic carbocycles. The summed E-state index contributed by atoms with van der Waals surface area (Å²) < 4.78 is 5.22. The first-order chi connectivity index (χ1) is 10.2. The van der Waals surface area contributed by atoms with Crippen LogP contribution in [0.1, 0.15) is 24.2 Å². The van der Waals surface area contributed by atoms with Gasteiger partial charge in [-0.15, -0.1) is 0 Å². The first-order valence-electron chi connectivity index (χ1n) is 7.04. The van der Waals surface area contributed by atoms with Crippen LogP contribution in [0.5, 0.6) is 0 Å². The van der Waals surface area contributed by atoms with Crippen molar-refractivity contribution in [2.75, 3.05) is 11.4 Å². The van der Waals surface area contributed by atoms with E-state index in [1.807, 2.05) is 36.1 Å². The van der Waals surface area contributed by atoms with Gasteiger partial charge in [0.1, 0.15) is 0 Å². The minimum atomic E-state index is -0.769. The molecule has 2 heterocycles. The van der Waals surface area contributed by atoms with Crippen molar-refractivity contribution in [2.45, 2.75) is 26.3 Å². The smallest absolute Gasteiger partial charge is 0.308 e. The van der Waals surface area contributed by atoms with Gasteiger partial charge in [0.25, 0.3) is 0 Å². The van der Waals surface area contributed by atoms with Crippen LogP contribution in [0.3, 0.4) is 0 Å². The average Bonchev–Trinajstić information content (AvgIpc) is 2.94. The predicted molar refractivity (Wildman–Crippen MR) is 76.0 cm³/mol. The highest BCUT2D eigenvalue weighted by molar-refractivity contribution is 5.73. The average molecular weight is 287 g/mol. The van der Waals surface area contributed by atoms with Crippen molar-refractivity contribution in [3.8, 4) is 0 Å². The van der Waals surface area contributed by atoms with E-state index in [0.29, 0.717) is 31.2 Å². The lowest BCUT2D eigenvalue weighted by molar-refractivity contribution is -0.141. The molecule has 0 saturated heterocycles. The molecule has 1 aromatic carbocycles. The zero-order valence-electron chi connectivity index (χ0n) is 11.8. The third kappa shape index (κ3) is 2.74. The molecular formula is C15H17N3O3. The summed E-state index contributed by atoms with van der Waals surface area (Å²) in [6, 6.07) is 7.87. The molecule has 2 aromatic rings. The molecule has 1 aromatic heterocycles. The second-order valence-corrected chi connectivity index (χ2v) is 5.21. The summed E-state index contributed by atoms with van der Waals surface area (Å²) in [7, 11) is 0. The van der Waals surface area contributed by atoms with Crippen molar-refractivity contribution in [3.05, 3.63) is 41.5 Å². The maximum Gasteiger partial charge on any atom is 0.308 e. The summed E-state index contributed by atoms with van der Waals surface area (Å²) in [6.45, 7) is 2.86. The summed E-state index contributed by atoms with van der Waals surface area (Å²) in [5, 5.41) is 13.2.